The Balaban J connectivity index is 0.00000289. The minimum Gasteiger partial charge on any atom is -0.399 e. The van der Waals surface area contributed by atoms with E-state index >= 15 is 0 Å². The molecule has 1 aromatic rings. The predicted octanol–water partition coefficient (Wildman–Crippen LogP) is 3.39. The van der Waals surface area contributed by atoms with Gasteiger partial charge in [0.2, 0.25) is 0 Å². The Morgan fingerprint density at radius 3 is 1.94 bits per heavy atom. The van der Waals surface area contributed by atoms with Gasteiger partial charge in [0.15, 0.2) is 0 Å². The molecule has 0 atom stereocenters. The van der Waals surface area contributed by atoms with Gasteiger partial charge in [-0.05, 0) is 43.5 Å². The molecule has 1 amide bonds. The van der Waals surface area contributed by atoms with Gasteiger partial charge < -0.3 is 11.1 Å². The van der Waals surface area contributed by atoms with Gasteiger partial charge in [-0.3, -0.25) is 4.79 Å². The largest absolute Gasteiger partial charge is 0.399 e. The molecule has 0 saturated carbocycles. The highest BCUT2D eigenvalue weighted by Gasteiger charge is 2.26. The van der Waals surface area contributed by atoms with Crippen LogP contribution in [0.2, 0.25) is 0 Å². The standard InChI is InChI=1S/C14H22N2O.ClH/c1-4-14(5-2,6-3)16-13(17)11-7-9-12(15)10-8-11;/h7-10H,4-6,15H2,1-3H3,(H,16,17);1H. The number of amides is 1. The van der Waals surface area contributed by atoms with Crippen molar-refractivity contribution in [1.82, 2.24) is 5.32 Å². The van der Waals surface area contributed by atoms with E-state index in [4.69, 9.17) is 5.73 Å². The van der Waals surface area contributed by atoms with Crippen molar-refractivity contribution in [1.29, 1.82) is 0 Å². The molecule has 18 heavy (non-hydrogen) atoms. The predicted molar refractivity (Wildman–Crippen MR) is 79.2 cm³/mol. The van der Waals surface area contributed by atoms with Gasteiger partial charge in [-0.25, -0.2) is 0 Å². The number of hydrogen-bond donors (Lipinski definition) is 2. The lowest BCUT2D eigenvalue weighted by atomic mass is 9.89. The fraction of sp³-hybridized carbons (Fsp3) is 0.500. The number of nitrogen functional groups attached to an aromatic ring is 1. The molecule has 0 aliphatic carbocycles. The summed E-state index contributed by atoms with van der Waals surface area (Å²) in [4.78, 5) is 12.1. The molecular formula is C14H23ClN2O. The molecule has 0 aliphatic rings. The van der Waals surface area contributed by atoms with E-state index in [1.807, 2.05) is 0 Å². The van der Waals surface area contributed by atoms with Crippen molar-refractivity contribution in [3.8, 4) is 0 Å². The zero-order valence-electron chi connectivity index (χ0n) is 11.3. The summed E-state index contributed by atoms with van der Waals surface area (Å²) >= 11 is 0. The summed E-state index contributed by atoms with van der Waals surface area (Å²) in [5.74, 6) is -0.0180. The molecular weight excluding hydrogens is 248 g/mol. The van der Waals surface area contributed by atoms with Gasteiger partial charge >= 0.3 is 0 Å². The van der Waals surface area contributed by atoms with Gasteiger partial charge in [-0.2, -0.15) is 0 Å². The Morgan fingerprint density at radius 1 is 1.11 bits per heavy atom. The first kappa shape index (κ1) is 16.8. The Kier molecular flexibility index (Phi) is 6.77. The first-order valence-electron chi connectivity index (χ1n) is 6.25. The van der Waals surface area contributed by atoms with Crippen LogP contribution in [-0.2, 0) is 0 Å². The highest BCUT2D eigenvalue weighted by Crippen LogP contribution is 2.20. The average Bonchev–Trinajstić information content (AvgIpc) is 2.37. The maximum Gasteiger partial charge on any atom is 0.251 e. The Labute approximate surface area is 116 Å². The van der Waals surface area contributed by atoms with Crippen molar-refractivity contribution in [2.24, 2.45) is 0 Å². The van der Waals surface area contributed by atoms with Crippen LogP contribution in [0.1, 0.15) is 50.4 Å². The van der Waals surface area contributed by atoms with E-state index in [9.17, 15) is 4.79 Å². The molecule has 3 nitrogen and oxygen atoms in total. The second kappa shape index (κ2) is 7.27. The topological polar surface area (TPSA) is 55.1 Å². The number of hydrogen-bond acceptors (Lipinski definition) is 2. The number of anilines is 1. The van der Waals surface area contributed by atoms with Crippen molar-refractivity contribution < 1.29 is 4.79 Å². The minimum absolute atomic E-state index is 0. The smallest absolute Gasteiger partial charge is 0.251 e. The number of benzene rings is 1. The van der Waals surface area contributed by atoms with Gasteiger partial charge in [0.1, 0.15) is 0 Å². The van der Waals surface area contributed by atoms with Gasteiger partial charge in [0.05, 0.1) is 0 Å². The third-order valence-electron chi connectivity index (χ3n) is 3.58. The van der Waals surface area contributed by atoms with E-state index in [-0.39, 0.29) is 23.9 Å². The van der Waals surface area contributed by atoms with Crippen LogP contribution in [0.5, 0.6) is 0 Å². The quantitative estimate of drug-likeness (QED) is 0.806. The molecule has 0 bridgehead atoms. The van der Waals surface area contributed by atoms with Crippen molar-refractivity contribution in [2.75, 3.05) is 5.73 Å². The molecule has 3 N–H and O–H groups in total. The van der Waals surface area contributed by atoms with Gasteiger partial charge in [-0.15, -0.1) is 12.4 Å². The van der Waals surface area contributed by atoms with Gasteiger partial charge in [0.25, 0.3) is 5.91 Å². The fourth-order valence-corrected chi connectivity index (χ4v) is 1.96. The van der Waals surface area contributed by atoms with E-state index < -0.39 is 0 Å². The number of rotatable bonds is 5. The van der Waals surface area contributed by atoms with Gasteiger partial charge in [0, 0.05) is 16.8 Å². The van der Waals surface area contributed by atoms with E-state index in [1.54, 1.807) is 24.3 Å². The summed E-state index contributed by atoms with van der Waals surface area (Å²) in [5.41, 5.74) is 6.86. The SMILES string of the molecule is CCC(CC)(CC)NC(=O)c1ccc(N)cc1.Cl. The molecule has 0 radical (unpaired) electrons. The maximum atomic E-state index is 12.1. The molecule has 0 fully saturated rings. The Bertz CT molecular complexity index is 364. The molecule has 4 heteroatoms. The highest BCUT2D eigenvalue weighted by atomic mass is 35.5. The zero-order valence-corrected chi connectivity index (χ0v) is 12.1. The van der Waals surface area contributed by atoms with Crippen molar-refractivity contribution in [3.63, 3.8) is 0 Å². The maximum absolute atomic E-state index is 12.1. The number of nitrogens with two attached hydrogens (primary N) is 1. The Hall–Kier alpha value is -1.22. The molecule has 0 aliphatic heterocycles. The normalized spacial score (nSPS) is 10.6. The molecule has 102 valence electrons. The van der Waals surface area contributed by atoms with E-state index in [2.05, 4.69) is 26.1 Å². The second-order valence-corrected chi connectivity index (χ2v) is 4.42. The van der Waals surface area contributed by atoms with Crippen LogP contribution in [-0.4, -0.2) is 11.4 Å². The van der Waals surface area contributed by atoms with Crippen LogP contribution in [0.15, 0.2) is 24.3 Å². The Morgan fingerprint density at radius 2 is 1.56 bits per heavy atom. The van der Waals surface area contributed by atoms with Crippen LogP contribution in [0, 0.1) is 0 Å². The number of carbonyl (C=O) groups excluding carboxylic acids is 1. The lowest BCUT2D eigenvalue weighted by Crippen LogP contribution is -2.47. The minimum atomic E-state index is -0.0849. The number of halogens is 1. The molecule has 0 unspecified atom stereocenters. The first-order valence-corrected chi connectivity index (χ1v) is 6.25. The molecule has 0 spiro atoms. The van der Waals surface area contributed by atoms with E-state index in [0.29, 0.717) is 11.3 Å². The highest BCUT2D eigenvalue weighted by molar-refractivity contribution is 5.95. The number of carbonyl (C=O) groups is 1. The first-order chi connectivity index (χ1) is 8.06. The van der Waals surface area contributed by atoms with Crippen LogP contribution < -0.4 is 11.1 Å². The molecule has 1 rings (SSSR count). The molecule has 0 saturated heterocycles. The summed E-state index contributed by atoms with van der Waals surface area (Å²) in [7, 11) is 0. The molecule has 0 heterocycles. The van der Waals surface area contributed by atoms with E-state index in [0.717, 1.165) is 19.3 Å². The lowest BCUT2D eigenvalue weighted by molar-refractivity contribution is 0.0888. The van der Waals surface area contributed by atoms with Crippen LogP contribution in [0.3, 0.4) is 0 Å². The third-order valence-corrected chi connectivity index (χ3v) is 3.58. The van der Waals surface area contributed by atoms with Crippen LogP contribution >= 0.6 is 12.4 Å². The molecule has 0 aromatic heterocycles. The van der Waals surface area contributed by atoms with Crippen LogP contribution in [0.4, 0.5) is 5.69 Å². The van der Waals surface area contributed by atoms with Crippen molar-refractivity contribution in [3.05, 3.63) is 29.8 Å². The van der Waals surface area contributed by atoms with Crippen LogP contribution in [0.25, 0.3) is 0 Å². The summed E-state index contributed by atoms with van der Waals surface area (Å²) in [6.45, 7) is 6.32. The second-order valence-electron chi connectivity index (χ2n) is 4.42. The van der Waals surface area contributed by atoms with Gasteiger partial charge in [-0.1, -0.05) is 20.8 Å². The van der Waals surface area contributed by atoms with Crippen molar-refractivity contribution in [2.45, 2.75) is 45.6 Å². The zero-order chi connectivity index (χ0) is 12.9. The lowest BCUT2D eigenvalue weighted by Gasteiger charge is -2.31. The summed E-state index contributed by atoms with van der Waals surface area (Å²) in [6.07, 6.45) is 2.84. The molecule has 1 aromatic carbocycles. The average molecular weight is 271 g/mol. The summed E-state index contributed by atoms with van der Waals surface area (Å²) in [6, 6.07) is 7.02. The monoisotopic (exact) mass is 270 g/mol. The van der Waals surface area contributed by atoms with E-state index in [1.165, 1.54) is 0 Å². The summed E-state index contributed by atoms with van der Waals surface area (Å²) in [5, 5.41) is 3.14. The third kappa shape index (κ3) is 3.91. The summed E-state index contributed by atoms with van der Waals surface area (Å²) < 4.78 is 0. The van der Waals surface area contributed by atoms with Crippen molar-refractivity contribution >= 4 is 24.0 Å². The number of nitrogens with one attached hydrogen (secondary N) is 1. The fourth-order valence-electron chi connectivity index (χ4n) is 1.96.